The maximum absolute atomic E-state index is 13.9. The van der Waals surface area contributed by atoms with Crippen molar-refractivity contribution in [1.82, 2.24) is 0 Å². The molecule has 0 fully saturated rings. The molecule has 1 N–H and O–H groups in total. The number of nitrogens with one attached hydrogen (secondary N) is 1. The van der Waals surface area contributed by atoms with Crippen molar-refractivity contribution in [3.05, 3.63) is 64.7 Å². The summed E-state index contributed by atoms with van der Waals surface area (Å²) in [5.74, 6) is -8.48. The van der Waals surface area contributed by atoms with Crippen molar-refractivity contribution in [3.63, 3.8) is 0 Å². The third-order valence-electron chi connectivity index (χ3n) is 2.97. The lowest BCUT2D eigenvalue weighted by Gasteiger charge is -2.12. The molecule has 2 aromatic carbocycles. The standard InChI is InChI=1S/C15H11F4NO2/c1-22-15(21)9-10(16)12(18)14(13(19)11(9)17)20-7-8-5-3-2-4-6-8/h2-6,20H,7H2,1H3. The molecule has 0 unspecified atom stereocenters. The molecule has 0 aliphatic rings. The number of anilines is 1. The molecule has 2 aromatic rings. The molecular formula is C15H11F4NO2. The number of carbonyl (C=O) groups is 1. The maximum atomic E-state index is 13.9. The Balaban J connectivity index is 2.39. The van der Waals surface area contributed by atoms with Gasteiger partial charge in [0.2, 0.25) is 0 Å². The fourth-order valence-corrected chi connectivity index (χ4v) is 1.85. The van der Waals surface area contributed by atoms with Crippen LogP contribution in [0.5, 0.6) is 0 Å². The molecule has 0 aromatic heterocycles. The van der Waals surface area contributed by atoms with E-state index in [4.69, 9.17) is 0 Å². The summed E-state index contributed by atoms with van der Waals surface area (Å²) < 4.78 is 59.3. The summed E-state index contributed by atoms with van der Waals surface area (Å²) in [5, 5.41) is 2.28. The smallest absolute Gasteiger partial charge is 0.344 e. The highest BCUT2D eigenvalue weighted by Gasteiger charge is 2.29. The molecule has 0 bridgehead atoms. The zero-order valence-corrected chi connectivity index (χ0v) is 11.4. The highest BCUT2D eigenvalue weighted by atomic mass is 19.2. The van der Waals surface area contributed by atoms with Crippen molar-refractivity contribution in [3.8, 4) is 0 Å². The molecule has 0 atom stereocenters. The number of benzene rings is 2. The van der Waals surface area contributed by atoms with Gasteiger partial charge in [0.25, 0.3) is 0 Å². The second-order valence-electron chi connectivity index (χ2n) is 4.34. The van der Waals surface area contributed by atoms with Crippen LogP contribution in [0.15, 0.2) is 30.3 Å². The number of esters is 1. The van der Waals surface area contributed by atoms with Gasteiger partial charge in [-0.05, 0) is 5.56 Å². The summed E-state index contributed by atoms with van der Waals surface area (Å²) in [6, 6.07) is 8.47. The van der Waals surface area contributed by atoms with Crippen LogP contribution in [0.3, 0.4) is 0 Å². The van der Waals surface area contributed by atoms with Crippen LogP contribution < -0.4 is 5.32 Å². The first kappa shape index (κ1) is 15.8. The number of carbonyl (C=O) groups excluding carboxylic acids is 1. The minimum absolute atomic E-state index is 0.0505. The van der Waals surface area contributed by atoms with E-state index in [0.29, 0.717) is 5.56 Å². The first-order chi connectivity index (χ1) is 10.5. The average Bonchev–Trinajstić information content (AvgIpc) is 2.54. The molecule has 0 heterocycles. The summed E-state index contributed by atoms with van der Waals surface area (Å²) in [6.07, 6.45) is 0. The van der Waals surface area contributed by atoms with Crippen LogP contribution >= 0.6 is 0 Å². The van der Waals surface area contributed by atoms with Crippen LogP contribution in [0, 0.1) is 23.3 Å². The van der Waals surface area contributed by atoms with Crippen LogP contribution in [0.1, 0.15) is 15.9 Å². The van der Waals surface area contributed by atoms with Gasteiger partial charge in [-0.2, -0.15) is 0 Å². The summed E-state index contributed by atoms with van der Waals surface area (Å²) in [6.45, 7) is -0.0505. The molecule has 7 heteroatoms. The molecule has 0 aliphatic heterocycles. The highest BCUT2D eigenvalue weighted by Crippen LogP contribution is 2.29. The second-order valence-corrected chi connectivity index (χ2v) is 4.34. The second kappa shape index (κ2) is 6.46. The SMILES string of the molecule is COC(=O)c1c(F)c(F)c(NCc2ccccc2)c(F)c1F. The Kier molecular flexibility index (Phi) is 4.65. The Bertz CT molecular complexity index is 675. The van der Waals surface area contributed by atoms with E-state index < -0.39 is 40.5 Å². The van der Waals surface area contributed by atoms with Crippen molar-refractivity contribution >= 4 is 11.7 Å². The normalized spacial score (nSPS) is 10.4. The molecule has 0 spiro atoms. The van der Waals surface area contributed by atoms with Crippen molar-refractivity contribution < 1.29 is 27.1 Å². The lowest BCUT2D eigenvalue weighted by atomic mass is 10.1. The van der Waals surface area contributed by atoms with Crippen molar-refractivity contribution in [1.29, 1.82) is 0 Å². The van der Waals surface area contributed by atoms with Gasteiger partial charge in [0.15, 0.2) is 23.3 Å². The Morgan fingerprint density at radius 3 is 2.05 bits per heavy atom. The average molecular weight is 313 g/mol. The summed E-state index contributed by atoms with van der Waals surface area (Å²) in [5.41, 5.74) is -1.73. The van der Waals surface area contributed by atoms with Gasteiger partial charge in [0, 0.05) is 6.54 Å². The van der Waals surface area contributed by atoms with E-state index in [1.807, 2.05) is 0 Å². The van der Waals surface area contributed by atoms with Gasteiger partial charge in [0.1, 0.15) is 11.3 Å². The first-order valence-electron chi connectivity index (χ1n) is 6.19. The van der Waals surface area contributed by atoms with E-state index >= 15 is 0 Å². The molecule has 0 radical (unpaired) electrons. The van der Waals surface area contributed by atoms with Gasteiger partial charge in [-0.3, -0.25) is 0 Å². The highest BCUT2D eigenvalue weighted by molar-refractivity contribution is 5.90. The van der Waals surface area contributed by atoms with Crippen molar-refractivity contribution in [2.75, 3.05) is 12.4 Å². The molecule has 0 amide bonds. The predicted molar refractivity (Wildman–Crippen MR) is 71.4 cm³/mol. The predicted octanol–water partition coefficient (Wildman–Crippen LogP) is 3.64. The van der Waals surface area contributed by atoms with Crippen LogP contribution in [0.2, 0.25) is 0 Å². The number of ether oxygens (including phenoxy) is 1. The Morgan fingerprint density at radius 1 is 1.00 bits per heavy atom. The monoisotopic (exact) mass is 313 g/mol. The van der Waals surface area contributed by atoms with E-state index in [2.05, 4.69) is 10.1 Å². The van der Waals surface area contributed by atoms with E-state index in [-0.39, 0.29) is 6.54 Å². The van der Waals surface area contributed by atoms with Gasteiger partial charge in [0.05, 0.1) is 7.11 Å². The van der Waals surface area contributed by atoms with E-state index in [9.17, 15) is 22.4 Å². The minimum atomic E-state index is -1.80. The van der Waals surface area contributed by atoms with Crippen LogP contribution in [0.25, 0.3) is 0 Å². The van der Waals surface area contributed by atoms with E-state index in [0.717, 1.165) is 7.11 Å². The van der Waals surface area contributed by atoms with Gasteiger partial charge in [-0.15, -0.1) is 0 Å². The summed E-state index contributed by atoms with van der Waals surface area (Å²) >= 11 is 0. The lowest BCUT2D eigenvalue weighted by Crippen LogP contribution is -2.15. The molecule has 3 nitrogen and oxygen atoms in total. The zero-order chi connectivity index (χ0) is 16.3. The molecule has 116 valence electrons. The fraction of sp³-hybridized carbons (Fsp3) is 0.133. The quantitative estimate of drug-likeness (QED) is 0.532. The van der Waals surface area contributed by atoms with Crippen LogP contribution in [-0.4, -0.2) is 13.1 Å². The minimum Gasteiger partial charge on any atom is -0.465 e. The third-order valence-corrected chi connectivity index (χ3v) is 2.97. The number of halogens is 4. The summed E-state index contributed by atoms with van der Waals surface area (Å²) in [4.78, 5) is 11.2. The number of methoxy groups -OCH3 is 1. The molecule has 0 saturated heterocycles. The topological polar surface area (TPSA) is 38.3 Å². The van der Waals surface area contributed by atoms with Crippen molar-refractivity contribution in [2.24, 2.45) is 0 Å². The van der Waals surface area contributed by atoms with E-state index in [1.54, 1.807) is 30.3 Å². The summed E-state index contributed by atoms with van der Waals surface area (Å²) in [7, 11) is 0.846. The molecule has 0 aliphatic carbocycles. The Hall–Kier alpha value is -2.57. The first-order valence-corrected chi connectivity index (χ1v) is 6.19. The lowest BCUT2D eigenvalue weighted by molar-refractivity contribution is 0.0587. The third kappa shape index (κ3) is 2.88. The number of hydrogen-bond acceptors (Lipinski definition) is 3. The Labute approximate surface area is 123 Å². The molecular weight excluding hydrogens is 302 g/mol. The fourth-order valence-electron chi connectivity index (χ4n) is 1.85. The largest absolute Gasteiger partial charge is 0.465 e. The van der Waals surface area contributed by atoms with Gasteiger partial charge < -0.3 is 10.1 Å². The van der Waals surface area contributed by atoms with Crippen LogP contribution in [-0.2, 0) is 11.3 Å². The molecule has 2 rings (SSSR count). The zero-order valence-electron chi connectivity index (χ0n) is 11.4. The maximum Gasteiger partial charge on any atom is 0.344 e. The van der Waals surface area contributed by atoms with Crippen LogP contribution in [0.4, 0.5) is 23.2 Å². The van der Waals surface area contributed by atoms with Gasteiger partial charge in [-0.1, -0.05) is 30.3 Å². The van der Waals surface area contributed by atoms with Gasteiger partial charge in [-0.25, -0.2) is 22.4 Å². The molecule has 22 heavy (non-hydrogen) atoms. The number of rotatable bonds is 4. The Morgan fingerprint density at radius 2 is 1.55 bits per heavy atom. The van der Waals surface area contributed by atoms with Crippen molar-refractivity contribution in [2.45, 2.75) is 6.54 Å². The number of hydrogen-bond donors (Lipinski definition) is 1. The van der Waals surface area contributed by atoms with Gasteiger partial charge >= 0.3 is 5.97 Å². The molecule has 0 saturated carbocycles. The van der Waals surface area contributed by atoms with E-state index in [1.165, 1.54) is 0 Å².